The first-order valence-electron chi connectivity index (χ1n) is 8.61. The maximum absolute atomic E-state index is 13.3. The number of hydrogen-bond acceptors (Lipinski definition) is 3. The zero-order valence-corrected chi connectivity index (χ0v) is 14.1. The zero-order chi connectivity index (χ0) is 17.9. The van der Waals surface area contributed by atoms with Crippen molar-refractivity contribution in [3.05, 3.63) is 78.4 Å². The van der Waals surface area contributed by atoms with Crippen molar-refractivity contribution in [3.63, 3.8) is 0 Å². The number of amides is 1. The van der Waals surface area contributed by atoms with Crippen LogP contribution in [-0.4, -0.2) is 21.7 Å². The van der Waals surface area contributed by atoms with Gasteiger partial charge in [-0.15, -0.1) is 0 Å². The van der Waals surface area contributed by atoms with Gasteiger partial charge < -0.3 is 10.6 Å². The minimum absolute atomic E-state index is 0.119. The molecule has 1 aliphatic rings. The van der Waals surface area contributed by atoms with Gasteiger partial charge in [0.05, 0.1) is 23.8 Å². The van der Waals surface area contributed by atoms with Gasteiger partial charge in [-0.05, 0) is 42.7 Å². The van der Waals surface area contributed by atoms with Crippen molar-refractivity contribution < 1.29 is 9.18 Å². The highest BCUT2D eigenvalue weighted by molar-refractivity contribution is 5.86. The Morgan fingerprint density at radius 2 is 1.85 bits per heavy atom. The van der Waals surface area contributed by atoms with Crippen LogP contribution in [0.25, 0.3) is 5.69 Å². The van der Waals surface area contributed by atoms with Gasteiger partial charge in [-0.2, -0.15) is 5.10 Å². The Labute approximate surface area is 150 Å². The predicted molar refractivity (Wildman–Crippen MR) is 97.5 cm³/mol. The zero-order valence-electron chi connectivity index (χ0n) is 14.1. The molecule has 0 radical (unpaired) electrons. The number of benzene rings is 2. The van der Waals surface area contributed by atoms with Crippen molar-refractivity contribution in [1.82, 2.24) is 15.1 Å². The van der Waals surface area contributed by atoms with Crippen LogP contribution in [0.5, 0.6) is 0 Å². The SMILES string of the molecule is O=C(NC1CC1)[C@H](Nc1cnn(-c2ccccc2)c1)c1ccc(F)cc1. The van der Waals surface area contributed by atoms with Crippen LogP contribution in [0.1, 0.15) is 24.4 Å². The summed E-state index contributed by atoms with van der Waals surface area (Å²) in [5, 5.41) is 10.6. The molecule has 1 aliphatic carbocycles. The third kappa shape index (κ3) is 3.74. The highest BCUT2D eigenvalue weighted by Gasteiger charge is 2.28. The van der Waals surface area contributed by atoms with Crippen molar-refractivity contribution in [2.24, 2.45) is 0 Å². The van der Waals surface area contributed by atoms with E-state index >= 15 is 0 Å². The lowest BCUT2D eigenvalue weighted by Gasteiger charge is -2.19. The molecule has 0 spiro atoms. The van der Waals surface area contributed by atoms with Crippen molar-refractivity contribution in [2.75, 3.05) is 5.32 Å². The van der Waals surface area contributed by atoms with Crippen LogP contribution in [0.3, 0.4) is 0 Å². The molecule has 0 bridgehead atoms. The summed E-state index contributed by atoms with van der Waals surface area (Å²) in [5.41, 5.74) is 2.35. The van der Waals surface area contributed by atoms with Gasteiger partial charge >= 0.3 is 0 Å². The number of carbonyl (C=O) groups excluding carboxylic acids is 1. The summed E-state index contributed by atoms with van der Waals surface area (Å²) in [6, 6.07) is 15.3. The number of hydrogen-bond donors (Lipinski definition) is 2. The molecule has 1 saturated carbocycles. The number of carbonyl (C=O) groups is 1. The number of nitrogens with one attached hydrogen (secondary N) is 2. The number of rotatable bonds is 6. The summed E-state index contributed by atoms with van der Waals surface area (Å²) >= 11 is 0. The van der Waals surface area contributed by atoms with Gasteiger partial charge in [0.25, 0.3) is 0 Å². The first kappa shape index (κ1) is 16.3. The monoisotopic (exact) mass is 350 g/mol. The van der Waals surface area contributed by atoms with Crippen LogP contribution in [0.15, 0.2) is 67.0 Å². The lowest BCUT2D eigenvalue weighted by atomic mass is 10.1. The molecular weight excluding hydrogens is 331 g/mol. The second kappa shape index (κ2) is 7.00. The Hall–Kier alpha value is -3.15. The van der Waals surface area contributed by atoms with Crippen LogP contribution < -0.4 is 10.6 Å². The fraction of sp³-hybridized carbons (Fsp3) is 0.200. The molecule has 4 rings (SSSR count). The molecule has 1 amide bonds. The molecule has 6 heteroatoms. The molecule has 1 atom stereocenters. The molecule has 0 unspecified atom stereocenters. The van der Waals surface area contributed by atoms with E-state index in [-0.39, 0.29) is 17.8 Å². The number of nitrogens with zero attached hydrogens (tertiary/aromatic N) is 2. The topological polar surface area (TPSA) is 59.0 Å². The maximum atomic E-state index is 13.3. The van der Waals surface area contributed by atoms with Gasteiger partial charge in [0, 0.05) is 6.04 Å². The molecule has 5 nitrogen and oxygen atoms in total. The van der Waals surface area contributed by atoms with E-state index in [0.717, 1.165) is 18.5 Å². The summed E-state index contributed by atoms with van der Waals surface area (Å²) < 4.78 is 15.0. The minimum Gasteiger partial charge on any atom is -0.368 e. The van der Waals surface area contributed by atoms with Gasteiger partial charge in [0.2, 0.25) is 5.91 Å². The molecule has 26 heavy (non-hydrogen) atoms. The standard InChI is InChI=1S/C20H19FN4O/c21-15-8-6-14(7-9-15)19(20(26)24-16-10-11-16)23-17-12-22-25(13-17)18-4-2-1-3-5-18/h1-9,12-13,16,19,23H,10-11H2,(H,24,26)/t19-/m1/s1. The van der Waals surface area contributed by atoms with Crippen LogP contribution in [0, 0.1) is 5.82 Å². The number of para-hydroxylation sites is 1. The Kier molecular flexibility index (Phi) is 4.39. The van der Waals surface area contributed by atoms with Crippen LogP contribution in [-0.2, 0) is 4.79 Å². The second-order valence-corrected chi connectivity index (χ2v) is 6.42. The molecule has 3 aromatic rings. The van der Waals surface area contributed by atoms with Gasteiger partial charge in [-0.1, -0.05) is 30.3 Å². The number of aromatic nitrogens is 2. The van der Waals surface area contributed by atoms with E-state index < -0.39 is 6.04 Å². The summed E-state index contributed by atoms with van der Waals surface area (Å²) in [6.07, 6.45) is 5.52. The summed E-state index contributed by atoms with van der Waals surface area (Å²) in [7, 11) is 0. The maximum Gasteiger partial charge on any atom is 0.247 e. The lowest BCUT2D eigenvalue weighted by molar-refractivity contribution is -0.122. The highest BCUT2D eigenvalue weighted by Crippen LogP contribution is 2.24. The van der Waals surface area contributed by atoms with Gasteiger partial charge in [0.1, 0.15) is 11.9 Å². The van der Waals surface area contributed by atoms with E-state index in [9.17, 15) is 9.18 Å². The average Bonchev–Trinajstić information content (AvgIpc) is 3.35. The molecule has 0 aliphatic heterocycles. The fourth-order valence-corrected chi connectivity index (χ4v) is 2.75. The Bertz CT molecular complexity index is 888. The minimum atomic E-state index is -0.607. The highest BCUT2D eigenvalue weighted by atomic mass is 19.1. The molecular formula is C20H19FN4O. The normalized spacial score (nSPS) is 14.7. The quantitative estimate of drug-likeness (QED) is 0.716. The lowest BCUT2D eigenvalue weighted by Crippen LogP contribution is -2.34. The smallest absolute Gasteiger partial charge is 0.247 e. The number of anilines is 1. The Morgan fingerprint density at radius 1 is 1.12 bits per heavy atom. The first-order valence-corrected chi connectivity index (χ1v) is 8.61. The van der Waals surface area contributed by atoms with Crippen molar-refractivity contribution in [3.8, 4) is 5.69 Å². The van der Waals surface area contributed by atoms with E-state index in [2.05, 4.69) is 15.7 Å². The third-order valence-electron chi connectivity index (χ3n) is 4.30. The first-order chi connectivity index (χ1) is 12.7. The Morgan fingerprint density at radius 3 is 2.54 bits per heavy atom. The second-order valence-electron chi connectivity index (χ2n) is 6.42. The van der Waals surface area contributed by atoms with Crippen LogP contribution in [0.4, 0.5) is 10.1 Å². The van der Waals surface area contributed by atoms with E-state index in [1.54, 1.807) is 23.0 Å². The van der Waals surface area contributed by atoms with Gasteiger partial charge in [-0.3, -0.25) is 4.79 Å². The molecule has 2 aromatic carbocycles. The van der Waals surface area contributed by atoms with Gasteiger partial charge in [-0.25, -0.2) is 9.07 Å². The van der Waals surface area contributed by atoms with E-state index in [1.807, 2.05) is 36.5 Å². The van der Waals surface area contributed by atoms with Crippen molar-refractivity contribution in [1.29, 1.82) is 0 Å². The summed E-state index contributed by atoms with van der Waals surface area (Å²) in [5.74, 6) is -0.446. The molecule has 132 valence electrons. The number of halogens is 1. The van der Waals surface area contributed by atoms with E-state index in [4.69, 9.17) is 0 Å². The Balaban J connectivity index is 1.57. The fourth-order valence-electron chi connectivity index (χ4n) is 2.75. The summed E-state index contributed by atoms with van der Waals surface area (Å²) in [6.45, 7) is 0. The molecule has 1 aromatic heterocycles. The van der Waals surface area contributed by atoms with Gasteiger partial charge in [0.15, 0.2) is 0 Å². The molecule has 0 saturated heterocycles. The largest absolute Gasteiger partial charge is 0.368 e. The third-order valence-corrected chi connectivity index (χ3v) is 4.30. The summed E-state index contributed by atoms with van der Waals surface area (Å²) in [4.78, 5) is 12.7. The van der Waals surface area contributed by atoms with Crippen LogP contribution in [0.2, 0.25) is 0 Å². The van der Waals surface area contributed by atoms with E-state index in [0.29, 0.717) is 11.3 Å². The predicted octanol–water partition coefficient (Wildman–Crippen LogP) is 3.44. The molecule has 2 N–H and O–H groups in total. The van der Waals surface area contributed by atoms with E-state index in [1.165, 1.54) is 12.1 Å². The average molecular weight is 350 g/mol. The molecule has 1 fully saturated rings. The molecule has 1 heterocycles. The van der Waals surface area contributed by atoms with Crippen molar-refractivity contribution in [2.45, 2.75) is 24.9 Å². The van der Waals surface area contributed by atoms with Crippen molar-refractivity contribution >= 4 is 11.6 Å². The van der Waals surface area contributed by atoms with Crippen LogP contribution >= 0.6 is 0 Å².